The van der Waals surface area contributed by atoms with Gasteiger partial charge in [-0.3, -0.25) is 0 Å². The predicted octanol–water partition coefficient (Wildman–Crippen LogP) is 1.64. The molecular formula is C9H15AuNO+. The Balaban J connectivity index is 0.000000720. The molecule has 0 amide bonds. The van der Waals surface area contributed by atoms with Gasteiger partial charge in [-0.1, -0.05) is 0 Å². The van der Waals surface area contributed by atoms with Crippen molar-refractivity contribution >= 4 is 0 Å². The summed E-state index contributed by atoms with van der Waals surface area (Å²) in [4.78, 5) is 5.62. The molecule has 0 saturated carbocycles. The monoisotopic (exact) mass is 350 g/mol. The van der Waals surface area contributed by atoms with Crippen molar-refractivity contribution in [3.63, 3.8) is 0 Å². The van der Waals surface area contributed by atoms with E-state index in [2.05, 4.69) is 0 Å². The summed E-state index contributed by atoms with van der Waals surface area (Å²) in [6.07, 6.45) is 4.92. The zero-order valence-electron chi connectivity index (χ0n) is 7.18. The second kappa shape index (κ2) is 3.97. The topological polar surface area (TPSA) is 9.23 Å². The van der Waals surface area contributed by atoms with Gasteiger partial charge in [-0.15, -0.1) is 4.65 Å². The first-order valence-corrected chi connectivity index (χ1v) is 4.48. The van der Waals surface area contributed by atoms with E-state index in [1.807, 2.05) is 0 Å². The second-order valence-electron chi connectivity index (χ2n) is 3.60. The van der Waals surface area contributed by atoms with Gasteiger partial charge in [0.25, 0.3) is 0 Å². The van der Waals surface area contributed by atoms with Crippen molar-refractivity contribution in [3.05, 3.63) is 12.3 Å². The fourth-order valence-electron chi connectivity index (χ4n) is 2.06. The van der Waals surface area contributed by atoms with Crippen LogP contribution in [0.2, 0.25) is 0 Å². The van der Waals surface area contributed by atoms with Crippen LogP contribution in [0.15, 0.2) is 5.76 Å². The molecule has 1 spiro atoms. The summed E-state index contributed by atoms with van der Waals surface area (Å²) in [6, 6.07) is 0. The summed E-state index contributed by atoms with van der Waals surface area (Å²) in [6.45, 7) is 9.06. The summed E-state index contributed by atoms with van der Waals surface area (Å²) >= 11 is 0. The molecule has 2 saturated heterocycles. The average molecular weight is 350 g/mol. The number of rotatable bonds is 0. The molecule has 0 atom stereocenters. The fourth-order valence-corrected chi connectivity index (χ4v) is 2.06. The zero-order chi connectivity index (χ0) is 7.73. The van der Waals surface area contributed by atoms with Crippen LogP contribution >= 0.6 is 0 Å². The molecule has 0 radical (unpaired) electrons. The van der Waals surface area contributed by atoms with Crippen LogP contribution in [0, 0.1) is 6.58 Å². The third kappa shape index (κ3) is 1.94. The van der Waals surface area contributed by atoms with E-state index in [9.17, 15) is 0 Å². The van der Waals surface area contributed by atoms with Gasteiger partial charge in [0.15, 0.2) is 0 Å². The molecule has 2 rings (SSSR count). The maximum absolute atomic E-state index is 5.62. The fraction of sp³-hybridized carbons (Fsp3) is 0.778. The maximum atomic E-state index is 5.62. The summed E-state index contributed by atoms with van der Waals surface area (Å²) in [7, 11) is 0. The number of hydrogen-bond acceptors (Lipinski definition) is 1. The van der Waals surface area contributed by atoms with Crippen molar-refractivity contribution in [1.82, 2.24) is 0 Å². The van der Waals surface area contributed by atoms with Crippen LogP contribution in [0.3, 0.4) is 0 Å². The van der Waals surface area contributed by atoms with Crippen LogP contribution in [0.1, 0.15) is 25.7 Å². The number of piperidine rings is 1. The molecule has 0 unspecified atom stereocenters. The summed E-state index contributed by atoms with van der Waals surface area (Å²) in [5.74, 6) is 0.743. The molecule has 12 heavy (non-hydrogen) atoms. The maximum Gasteiger partial charge on any atom is 1.00 e. The van der Waals surface area contributed by atoms with Gasteiger partial charge in [-0.25, -0.2) is 0 Å². The molecule has 0 bridgehead atoms. The Morgan fingerprint density at radius 1 is 1.08 bits per heavy atom. The first-order chi connectivity index (χ1) is 5.31. The average Bonchev–Trinajstić information content (AvgIpc) is 2.34. The van der Waals surface area contributed by atoms with E-state index >= 15 is 0 Å². The SMILES string of the molecule is [Au+].[CH-]=C1CC[N+]2(CCCCC2)O1. The van der Waals surface area contributed by atoms with Crippen LogP contribution in [0.25, 0.3) is 0 Å². The molecule has 0 aromatic carbocycles. The predicted molar refractivity (Wildman–Crippen MR) is 42.2 cm³/mol. The van der Waals surface area contributed by atoms with Crippen LogP contribution in [0.4, 0.5) is 0 Å². The molecule has 0 aliphatic carbocycles. The van der Waals surface area contributed by atoms with Crippen molar-refractivity contribution in [2.45, 2.75) is 25.7 Å². The minimum absolute atomic E-state index is 0. The first-order valence-electron chi connectivity index (χ1n) is 4.48. The Kier molecular flexibility index (Phi) is 3.41. The van der Waals surface area contributed by atoms with Crippen LogP contribution < -0.4 is 0 Å². The van der Waals surface area contributed by atoms with Gasteiger partial charge >= 0.3 is 22.4 Å². The molecule has 0 aromatic rings. The van der Waals surface area contributed by atoms with Crippen molar-refractivity contribution in [1.29, 1.82) is 0 Å². The van der Waals surface area contributed by atoms with Gasteiger partial charge in [0.2, 0.25) is 0 Å². The summed E-state index contributed by atoms with van der Waals surface area (Å²) < 4.78 is 0.825. The molecule has 2 aliphatic rings. The van der Waals surface area contributed by atoms with Crippen LogP contribution in [-0.2, 0) is 27.2 Å². The van der Waals surface area contributed by atoms with Gasteiger partial charge in [-0.05, 0) is 12.2 Å². The molecular weight excluding hydrogens is 335 g/mol. The Bertz CT molecular complexity index is 175. The number of nitrogens with zero attached hydrogens (tertiary/aromatic N) is 1. The van der Waals surface area contributed by atoms with Crippen LogP contribution in [0.5, 0.6) is 0 Å². The van der Waals surface area contributed by atoms with Crippen molar-refractivity contribution in [3.8, 4) is 0 Å². The smallest absolute Gasteiger partial charge is 0.466 e. The normalized spacial score (nSPS) is 26.5. The second-order valence-corrected chi connectivity index (χ2v) is 3.60. The minimum Gasteiger partial charge on any atom is -0.466 e. The Morgan fingerprint density at radius 3 is 2.25 bits per heavy atom. The molecule has 0 N–H and O–H groups in total. The van der Waals surface area contributed by atoms with Crippen LogP contribution in [-0.4, -0.2) is 24.3 Å². The van der Waals surface area contributed by atoms with Gasteiger partial charge in [0.1, 0.15) is 19.6 Å². The summed E-state index contributed by atoms with van der Waals surface area (Å²) in [5, 5.41) is 0. The van der Waals surface area contributed by atoms with E-state index in [0.29, 0.717) is 0 Å². The Hall–Kier alpha value is 0.240. The number of quaternary nitrogens is 1. The Morgan fingerprint density at radius 2 is 1.75 bits per heavy atom. The van der Waals surface area contributed by atoms with E-state index in [1.165, 1.54) is 32.4 Å². The van der Waals surface area contributed by atoms with E-state index in [0.717, 1.165) is 23.4 Å². The van der Waals surface area contributed by atoms with Gasteiger partial charge in [0, 0.05) is 19.3 Å². The van der Waals surface area contributed by atoms with Gasteiger partial charge in [-0.2, -0.15) is 0 Å². The Labute approximate surface area is 89.6 Å². The molecule has 72 valence electrons. The minimum atomic E-state index is 0. The molecule has 2 nitrogen and oxygen atoms in total. The summed E-state index contributed by atoms with van der Waals surface area (Å²) in [5.41, 5.74) is 0. The number of hydrogen-bond donors (Lipinski definition) is 0. The van der Waals surface area contributed by atoms with Gasteiger partial charge < -0.3 is 11.4 Å². The zero-order valence-corrected chi connectivity index (χ0v) is 9.35. The van der Waals surface area contributed by atoms with E-state index in [1.54, 1.807) is 0 Å². The largest absolute Gasteiger partial charge is 1.00 e. The molecule has 2 aliphatic heterocycles. The molecule has 2 heterocycles. The molecule has 2 fully saturated rings. The quantitative estimate of drug-likeness (QED) is 0.367. The van der Waals surface area contributed by atoms with E-state index < -0.39 is 0 Å². The van der Waals surface area contributed by atoms with Crippen molar-refractivity contribution in [2.24, 2.45) is 0 Å². The molecule has 0 aromatic heterocycles. The first kappa shape index (κ1) is 10.3. The number of hydroxylamine groups is 3. The molecule has 3 heteroatoms. The van der Waals surface area contributed by atoms with E-state index in [-0.39, 0.29) is 22.4 Å². The van der Waals surface area contributed by atoms with E-state index in [4.69, 9.17) is 11.4 Å². The van der Waals surface area contributed by atoms with Crippen molar-refractivity contribution in [2.75, 3.05) is 19.6 Å². The third-order valence-electron chi connectivity index (χ3n) is 2.71. The van der Waals surface area contributed by atoms with Crippen molar-refractivity contribution < 1.29 is 31.9 Å². The standard InChI is InChI=1S/C9H15NO.Au/c1-9-5-8-10(11-9)6-3-2-4-7-10;/h1H,2-8H2;/q;+1. The van der Waals surface area contributed by atoms with Gasteiger partial charge in [0.05, 0.1) is 0 Å². The third-order valence-corrected chi connectivity index (χ3v) is 2.71.